The van der Waals surface area contributed by atoms with Crippen LogP contribution in [0.2, 0.25) is 0 Å². The molecular formula is C22H27F4N7O2. The van der Waals surface area contributed by atoms with Crippen molar-refractivity contribution in [2.45, 2.75) is 25.6 Å². The fourth-order valence-electron chi connectivity index (χ4n) is 3.70. The van der Waals surface area contributed by atoms with Crippen molar-refractivity contribution < 1.29 is 27.1 Å². The molecule has 1 amide bonds. The van der Waals surface area contributed by atoms with Crippen LogP contribution in [-0.2, 0) is 9.53 Å². The van der Waals surface area contributed by atoms with Crippen LogP contribution in [0.15, 0.2) is 29.6 Å². The van der Waals surface area contributed by atoms with Crippen LogP contribution in [0.1, 0.15) is 18.9 Å². The van der Waals surface area contributed by atoms with Gasteiger partial charge < -0.3 is 31.3 Å². The van der Waals surface area contributed by atoms with Gasteiger partial charge in [-0.3, -0.25) is 15.6 Å². The quantitative estimate of drug-likeness (QED) is 0.148. The van der Waals surface area contributed by atoms with Crippen molar-refractivity contribution in [1.29, 1.82) is 10.8 Å². The van der Waals surface area contributed by atoms with Gasteiger partial charge in [-0.25, -0.2) is 4.39 Å². The van der Waals surface area contributed by atoms with Gasteiger partial charge in [-0.05, 0) is 12.1 Å². The van der Waals surface area contributed by atoms with E-state index in [-0.39, 0.29) is 41.3 Å². The third-order valence-corrected chi connectivity index (χ3v) is 5.64. The molecular weight excluding hydrogens is 470 g/mol. The lowest BCUT2D eigenvalue weighted by atomic mass is 9.98. The lowest BCUT2D eigenvalue weighted by Crippen LogP contribution is -2.49. The molecule has 190 valence electrons. The normalized spacial score (nSPS) is 17.1. The molecule has 1 aromatic rings. The van der Waals surface area contributed by atoms with Gasteiger partial charge in [0.2, 0.25) is 5.91 Å². The van der Waals surface area contributed by atoms with Crippen molar-refractivity contribution in [2.75, 3.05) is 44.4 Å². The fraction of sp³-hybridized carbons (Fsp3) is 0.409. The Hall–Kier alpha value is -3.61. The van der Waals surface area contributed by atoms with E-state index in [2.05, 4.69) is 16.0 Å². The molecule has 35 heavy (non-hydrogen) atoms. The Morgan fingerprint density at radius 2 is 1.97 bits per heavy atom. The molecule has 9 nitrogen and oxygen atoms in total. The van der Waals surface area contributed by atoms with E-state index < -0.39 is 23.3 Å². The van der Waals surface area contributed by atoms with Crippen LogP contribution in [0.4, 0.5) is 28.9 Å². The number of alkyl halides is 3. The lowest BCUT2D eigenvalue weighted by molar-refractivity contribution is -0.128. The number of halogens is 4. The molecule has 0 atom stereocenters. The number of carbonyl (C=O) groups excluding carboxylic acids is 1. The van der Waals surface area contributed by atoms with Crippen molar-refractivity contribution >= 4 is 34.4 Å². The van der Waals surface area contributed by atoms with Crippen molar-refractivity contribution in [2.24, 2.45) is 0 Å². The molecule has 3 rings (SSSR count). The molecule has 1 saturated heterocycles. The molecule has 0 saturated carbocycles. The van der Waals surface area contributed by atoms with Crippen LogP contribution in [0.5, 0.6) is 0 Å². The highest BCUT2D eigenvalue weighted by molar-refractivity contribution is 6.26. The number of amidine groups is 1. The van der Waals surface area contributed by atoms with Crippen molar-refractivity contribution in [1.82, 2.24) is 15.5 Å². The number of hydrogen-bond donors (Lipinski definition) is 6. The summed E-state index contributed by atoms with van der Waals surface area (Å²) in [6, 6.07) is 1.94. The minimum Gasteiger partial charge on any atom is -0.398 e. The number of nitrogens with one attached hydrogen (secondary N) is 5. The maximum Gasteiger partial charge on any atom is 0.433 e. The molecule has 0 aromatic heterocycles. The average molecular weight is 497 g/mol. The van der Waals surface area contributed by atoms with E-state index in [4.69, 9.17) is 21.3 Å². The molecule has 0 spiro atoms. The molecule has 0 radical (unpaired) electrons. The number of amides is 1. The van der Waals surface area contributed by atoms with Gasteiger partial charge in [0.25, 0.3) is 0 Å². The Kier molecular flexibility index (Phi) is 7.68. The van der Waals surface area contributed by atoms with Crippen LogP contribution in [0, 0.1) is 16.6 Å². The van der Waals surface area contributed by atoms with Gasteiger partial charge in [-0.15, -0.1) is 0 Å². The van der Waals surface area contributed by atoms with Crippen LogP contribution in [0.25, 0.3) is 5.57 Å². The SMILES string of the molecule is CN/C=C(\C(=N)C(F)(F)F)c1cc(F)c(NC(=N)C2=C(NC3COC3)CCN(C(C)=O)C2)cc1N. The van der Waals surface area contributed by atoms with Gasteiger partial charge >= 0.3 is 6.18 Å². The molecule has 2 heterocycles. The third-order valence-electron chi connectivity index (χ3n) is 5.64. The topological polar surface area (TPSA) is 139 Å². The van der Waals surface area contributed by atoms with E-state index in [9.17, 15) is 22.4 Å². The first-order chi connectivity index (χ1) is 16.4. The number of nitrogens with two attached hydrogens (primary N) is 1. The summed E-state index contributed by atoms with van der Waals surface area (Å²) in [5, 5.41) is 24.3. The summed E-state index contributed by atoms with van der Waals surface area (Å²) in [4.78, 5) is 13.4. The number of nitrogens with zero attached hydrogens (tertiary/aromatic N) is 1. The van der Waals surface area contributed by atoms with E-state index in [0.717, 1.165) is 24.0 Å². The predicted molar refractivity (Wildman–Crippen MR) is 125 cm³/mol. The monoisotopic (exact) mass is 497 g/mol. The minimum absolute atomic E-state index is 0.0738. The van der Waals surface area contributed by atoms with Crippen LogP contribution in [0.3, 0.4) is 0 Å². The first-order valence-corrected chi connectivity index (χ1v) is 10.7. The summed E-state index contributed by atoms with van der Waals surface area (Å²) >= 11 is 0. The number of allylic oxidation sites excluding steroid dienone is 1. The second kappa shape index (κ2) is 10.3. The highest BCUT2D eigenvalue weighted by Crippen LogP contribution is 2.33. The average Bonchev–Trinajstić information content (AvgIpc) is 2.75. The summed E-state index contributed by atoms with van der Waals surface area (Å²) < 4.78 is 59.5. The second-order valence-corrected chi connectivity index (χ2v) is 8.17. The number of rotatable bonds is 7. The molecule has 2 aliphatic heterocycles. The zero-order chi connectivity index (χ0) is 25.9. The zero-order valence-corrected chi connectivity index (χ0v) is 19.2. The largest absolute Gasteiger partial charge is 0.433 e. The molecule has 0 bridgehead atoms. The van der Waals surface area contributed by atoms with E-state index in [1.165, 1.54) is 14.0 Å². The number of ether oxygens (including phenoxy) is 1. The van der Waals surface area contributed by atoms with E-state index >= 15 is 0 Å². The van der Waals surface area contributed by atoms with Gasteiger partial charge in [-0.2, -0.15) is 13.2 Å². The fourth-order valence-corrected chi connectivity index (χ4v) is 3.70. The highest BCUT2D eigenvalue weighted by atomic mass is 19.4. The lowest BCUT2D eigenvalue weighted by Gasteiger charge is -2.35. The van der Waals surface area contributed by atoms with Gasteiger partial charge in [0.15, 0.2) is 0 Å². The van der Waals surface area contributed by atoms with Crippen molar-refractivity contribution in [3.8, 4) is 0 Å². The summed E-state index contributed by atoms with van der Waals surface area (Å²) in [6.45, 7) is 3.03. The Balaban J connectivity index is 1.90. The number of anilines is 2. The Bertz CT molecular complexity index is 1090. The number of carbonyl (C=O) groups is 1. The van der Waals surface area contributed by atoms with Crippen LogP contribution < -0.4 is 21.7 Å². The van der Waals surface area contributed by atoms with Gasteiger partial charge in [0.05, 0.1) is 31.5 Å². The summed E-state index contributed by atoms with van der Waals surface area (Å²) in [5.74, 6) is -1.31. The number of hydrogen-bond acceptors (Lipinski definition) is 7. The standard InChI is InChI=1S/C22H27F4N7O2/c1-11(34)33-4-3-18(31-12-9-35-10-12)15(8-33)21(29)32-19-6-17(27)13(5-16(19)23)14(7-30-2)20(28)22(24,25)26/h5-7,12,28,30-31H,3-4,8-10,27H2,1-2H3,(H2,29,32)/b14-7-,28-20?. The van der Waals surface area contributed by atoms with Crippen LogP contribution >= 0.6 is 0 Å². The zero-order valence-electron chi connectivity index (χ0n) is 19.2. The first-order valence-electron chi connectivity index (χ1n) is 10.7. The molecule has 1 fully saturated rings. The second-order valence-electron chi connectivity index (χ2n) is 8.17. The number of benzene rings is 1. The minimum atomic E-state index is -4.96. The molecule has 7 N–H and O–H groups in total. The van der Waals surface area contributed by atoms with Crippen molar-refractivity contribution in [3.63, 3.8) is 0 Å². The smallest absolute Gasteiger partial charge is 0.398 e. The van der Waals surface area contributed by atoms with Crippen molar-refractivity contribution in [3.05, 3.63) is 41.0 Å². The molecule has 2 aliphatic rings. The Morgan fingerprint density at radius 3 is 2.51 bits per heavy atom. The van der Waals surface area contributed by atoms with Gasteiger partial charge in [0.1, 0.15) is 17.4 Å². The Labute approximate surface area is 199 Å². The third kappa shape index (κ3) is 5.91. The van der Waals surface area contributed by atoms with Gasteiger partial charge in [-0.1, -0.05) is 0 Å². The van der Waals surface area contributed by atoms with E-state index in [1.807, 2.05) is 0 Å². The number of nitrogen functional groups attached to an aromatic ring is 1. The first kappa shape index (κ1) is 26.0. The predicted octanol–water partition coefficient (Wildman–Crippen LogP) is 2.43. The maximum absolute atomic E-state index is 15.0. The molecule has 13 heteroatoms. The molecule has 0 unspecified atom stereocenters. The summed E-state index contributed by atoms with van der Waals surface area (Å²) in [7, 11) is 1.34. The van der Waals surface area contributed by atoms with Gasteiger partial charge in [0, 0.05) is 61.2 Å². The Morgan fingerprint density at radius 1 is 1.29 bits per heavy atom. The highest BCUT2D eigenvalue weighted by Gasteiger charge is 2.38. The summed E-state index contributed by atoms with van der Waals surface area (Å²) in [5.41, 5.74) is 4.06. The van der Waals surface area contributed by atoms with Crippen LogP contribution in [-0.4, -0.2) is 67.9 Å². The maximum atomic E-state index is 15.0. The summed E-state index contributed by atoms with van der Waals surface area (Å²) in [6.07, 6.45) is -3.58. The van der Waals surface area contributed by atoms with E-state index in [0.29, 0.717) is 31.8 Å². The molecule has 0 aliphatic carbocycles. The van der Waals surface area contributed by atoms with E-state index in [1.54, 1.807) is 4.90 Å². The molecule has 1 aromatic carbocycles.